The predicted octanol–water partition coefficient (Wildman–Crippen LogP) is 2.12. The molecule has 4 rings (SSSR count). The average Bonchev–Trinajstić information content (AvgIpc) is 3.17. The molecule has 1 aliphatic carbocycles. The molecule has 0 unspecified atom stereocenters. The summed E-state index contributed by atoms with van der Waals surface area (Å²) in [5.41, 5.74) is 0.833. The minimum Gasteiger partial charge on any atom is -0.384 e. The van der Waals surface area contributed by atoms with Crippen LogP contribution in [-0.2, 0) is 10.4 Å². The van der Waals surface area contributed by atoms with Gasteiger partial charge in [0.05, 0.1) is 22.5 Å². The van der Waals surface area contributed by atoms with Crippen LogP contribution in [0.15, 0.2) is 30.5 Å². The van der Waals surface area contributed by atoms with E-state index >= 15 is 0 Å². The van der Waals surface area contributed by atoms with Gasteiger partial charge in [0.2, 0.25) is 5.91 Å². The zero-order chi connectivity index (χ0) is 22.0. The van der Waals surface area contributed by atoms with Crippen LogP contribution in [0.3, 0.4) is 0 Å². The van der Waals surface area contributed by atoms with E-state index < -0.39 is 5.60 Å². The van der Waals surface area contributed by atoms with Crippen molar-refractivity contribution < 1.29 is 14.7 Å². The van der Waals surface area contributed by atoms with Crippen molar-refractivity contribution in [1.82, 2.24) is 20.5 Å². The van der Waals surface area contributed by atoms with Gasteiger partial charge in [-0.3, -0.25) is 14.5 Å². The molecule has 2 aliphatic rings. The van der Waals surface area contributed by atoms with Gasteiger partial charge in [0.25, 0.3) is 5.91 Å². The van der Waals surface area contributed by atoms with Crippen LogP contribution in [0.1, 0.15) is 51.5 Å². The molecule has 31 heavy (non-hydrogen) atoms. The lowest BCUT2D eigenvalue weighted by Crippen LogP contribution is -2.63. The molecule has 2 aromatic rings. The first-order valence-corrected chi connectivity index (χ1v) is 11.7. The molecule has 0 bridgehead atoms. The van der Waals surface area contributed by atoms with Crippen molar-refractivity contribution in [3.8, 4) is 0 Å². The number of hydrogen-bond donors (Lipinski definition) is 3. The molecule has 2 heterocycles. The minimum absolute atomic E-state index is 0.0198. The Kier molecular flexibility index (Phi) is 6.41. The lowest BCUT2D eigenvalue weighted by atomic mass is 9.80. The minimum atomic E-state index is -0.740. The normalized spacial score (nSPS) is 24.4. The fourth-order valence-corrected chi connectivity index (χ4v) is 5.42. The summed E-state index contributed by atoms with van der Waals surface area (Å²) < 4.78 is 0. The molecule has 1 aromatic heterocycles. The van der Waals surface area contributed by atoms with E-state index in [0.29, 0.717) is 11.6 Å². The monoisotopic (exact) mass is 442 g/mol. The molecule has 0 atom stereocenters. The summed E-state index contributed by atoms with van der Waals surface area (Å²) in [6, 6.07) is 7.87. The number of rotatable bonds is 6. The molecule has 3 N–H and O–H groups in total. The highest BCUT2D eigenvalue weighted by atomic mass is 32.1. The highest BCUT2D eigenvalue weighted by molar-refractivity contribution is 7.11. The van der Waals surface area contributed by atoms with Gasteiger partial charge >= 0.3 is 0 Å². The Labute approximate surface area is 186 Å². The third kappa shape index (κ3) is 5.14. The Balaban J connectivity index is 1.16. The van der Waals surface area contributed by atoms with E-state index in [4.69, 9.17) is 0 Å². The van der Waals surface area contributed by atoms with Crippen molar-refractivity contribution in [2.45, 2.75) is 57.2 Å². The smallest absolute Gasteiger partial charge is 0.251 e. The second kappa shape index (κ2) is 9.06. The second-order valence-electron chi connectivity index (χ2n) is 8.78. The fourth-order valence-electron chi connectivity index (χ4n) is 4.50. The van der Waals surface area contributed by atoms with Crippen LogP contribution in [0.2, 0.25) is 0 Å². The van der Waals surface area contributed by atoms with Gasteiger partial charge in [0.1, 0.15) is 5.60 Å². The van der Waals surface area contributed by atoms with E-state index in [9.17, 15) is 14.7 Å². The van der Waals surface area contributed by atoms with Gasteiger partial charge in [0.15, 0.2) is 0 Å². The Hall–Kier alpha value is -2.29. The number of nitrogens with zero attached hydrogens (tertiary/aromatic N) is 2. The fraction of sp³-hybridized carbons (Fsp3) is 0.522. The SMILES string of the molecule is Cc1cccc(C(=O)NCC(=O)NC2CN([C@H]3CC[C@@](O)(c4cnc(C)s4)CC3)C2)c1. The van der Waals surface area contributed by atoms with Gasteiger partial charge in [-0.15, -0.1) is 11.3 Å². The number of carbonyl (C=O) groups excluding carboxylic acids is 2. The average molecular weight is 443 g/mol. The maximum Gasteiger partial charge on any atom is 0.251 e. The van der Waals surface area contributed by atoms with Crippen LogP contribution in [0.5, 0.6) is 0 Å². The first-order valence-electron chi connectivity index (χ1n) is 10.9. The number of aliphatic hydroxyl groups is 1. The standard InChI is InChI=1S/C23H30N4O3S/c1-15-4-3-5-17(10-15)22(29)25-12-21(28)26-18-13-27(14-18)19-6-8-23(30,9-7-19)20-11-24-16(2)31-20/h3-5,10-11,18-19,30H,6-9,12-14H2,1-2H3,(H,25,29)(H,26,28)/t19-,23-. The Morgan fingerprint density at radius 3 is 2.65 bits per heavy atom. The lowest BCUT2D eigenvalue weighted by Gasteiger charge is -2.48. The number of nitrogens with one attached hydrogen (secondary N) is 2. The first kappa shape index (κ1) is 21.9. The van der Waals surface area contributed by atoms with Crippen molar-refractivity contribution in [1.29, 1.82) is 0 Å². The van der Waals surface area contributed by atoms with E-state index in [2.05, 4.69) is 20.5 Å². The van der Waals surface area contributed by atoms with Gasteiger partial charge < -0.3 is 15.7 Å². The third-order valence-corrected chi connectivity index (χ3v) is 7.45. The second-order valence-corrected chi connectivity index (χ2v) is 10.0. The zero-order valence-corrected chi connectivity index (χ0v) is 18.9. The highest BCUT2D eigenvalue weighted by Crippen LogP contribution is 2.41. The van der Waals surface area contributed by atoms with Crippen LogP contribution in [0, 0.1) is 13.8 Å². The number of amides is 2. The van der Waals surface area contributed by atoms with Crippen LogP contribution in [-0.4, -0.2) is 58.5 Å². The largest absolute Gasteiger partial charge is 0.384 e. The zero-order valence-electron chi connectivity index (χ0n) is 18.1. The van der Waals surface area contributed by atoms with E-state index in [1.165, 1.54) is 0 Å². The van der Waals surface area contributed by atoms with Gasteiger partial charge in [-0.2, -0.15) is 0 Å². The maximum absolute atomic E-state index is 12.2. The van der Waals surface area contributed by atoms with Crippen LogP contribution >= 0.6 is 11.3 Å². The van der Waals surface area contributed by atoms with Crippen molar-refractivity contribution in [2.24, 2.45) is 0 Å². The van der Waals surface area contributed by atoms with Crippen LogP contribution in [0.4, 0.5) is 0 Å². The van der Waals surface area contributed by atoms with Gasteiger partial charge in [0, 0.05) is 30.9 Å². The van der Waals surface area contributed by atoms with Crippen molar-refractivity contribution in [2.75, 3.05) is 19.6 Å². The van der Waals surface area contributed by atoms with Crippen LogP contribution in [0.25, 0.3) is 0 Å². The molecule has 1 aromatic carbocycles. The third-order valence-electron chi connectivity index (χ3n) is 6.34. The summed E-state index contributed by atoms with van der Waals surface area (Å²) in [6.45, 7) is 5.51. The van der Waals surface area contributed by atoms with Crippen LogP contribution < -0.4 is 10.6 Å². The number of likely N-dealkylation sites (tertiary alicyclic amines) is 1. The summed E-state index contributed by atoms with van der Waals surface area (Å²) in [6.07, 6.45) is 5.20. The quantitative estimate of drug-likeness (QED) is 0.637. The molecule has 0 radical (unpaired) electrons. The predicted molar refractivity (Wildman–Crippen MR) is 120 cm³/mol. The Morgan fingerprint density at radius 2 is 2.00 bits per heavy atom. The number of carbonyl (C=O) groups is 2. The molecule has 1 aliphatic heterocycles. The molecule has 7 nitrogen and oxygen atoms in total. The number of thiazole rings is 1. The van der Waals surface area contributed by atoms with Gasteiger partial charge in [-0.1, -0.05) is 17.7 Å². The summed E-state index contributed by atoms with van der Waals surface area (Å²) in [4.78, 5) is 32.0. The summed E-state index contributed by atoms with van der Waals surface area (Å²) in [5.74, 6) is -0.399. The highest BCUT2D eigenvalue weighted by Gasteiger charge is 2.41. The van der Waals surface area contributed by atoms with Crippen molar-refractivity contribution in [3.63, 3.8) is 0 Å². The topological polar surface area (TPSA) is 94.6 Å². The van der Waals surface area contributed by atoms with E-state index in [1.807, 2.05) is 32.2 Å². The molecular formula is C23H30N4O3S. The summed E-state index contributed by atoms with van der Waals surface area (Å²) in [5, 5.41) is 17.6. The molecule has 2 fully saturated rings. The van der Waals surface area contributed by atoms with Gasteiger partial charge in [-0.25, -0.2) is 4.98 Å². The number of aromatic nitrogens is 1. The number of benzene rings is 1. The molecule has 0 spiro atoms. The Bertz CT molecular complexity index is 946. The van der Waals surface area contributed by atoms with E-state index in [0.717, 1.165) is 54.2 Å². The number of hydrogen-bond acceptors (Lipinski definition) is 6. The molecular weight excluding hydrogens is 412 g/mol. The molecule has 2 amide bonds. The van der Waals surface area contributed by atoms with E-state index in [1.54, 1.807) is 23.5 Å². The van der Waals surface area contributed by atoms with Gasteiger partial charge in [-0.05, 0) is 51.7 Å². The molecule has 1 saturated heterocycles. The molecule has 166 valence electrons. The van der Waals surface area contributed by atoms with Crippen molar-refractivity contribution in [3.05, 3.63) is 51.5 Å². The number of aryl methyl sites for hydroxylation is 2. The molecule has 8 heteroatoms. The Morgan fingerprint density at radius 1 is 1.26 bits per heavy atom. The van der Waals surface area contributed by atoms with Crippen molar-refractivity contribution >= 4 is 23.2 Å². The molecule has 1 saturated carbocycles. The first-order chi connectivity index (χ1) is 14.8. The maximum atomic E-state index is 12.2. The van der Waals surface area contributed by atoms with E-state index in [-0.39, 0.29) is 24.4 Å². The lowest BCUT2D eigenvalue weighted by molar-refractivity contribution is -0.122. The summed E-state index contributed by atoms with van der Waals surface area (Å²) in [7, 11) is 0. The summed E-state index contributed by atoms with van der Waals surface area (Å²) >= 11 is 1.58.